The van der Waals surface area contributed by atoms with Crippen LogP contribution in [-0.4, -0.2) is 40.7 Å². The van der Waals surface area contributed by atoms with Gasteiger partial charge in [-0.15, -0.1) is 0 Å². The molecule has 1 fully saturated rings. The van der Waals surface area contributed by atoms with E-state index < -0.39 is 0 Å². The summed E-state index contributed by atoms with van der Waals surface area (Å²) < 4.78 is 5.40. The molecule has 1 aromatic heterocycles. The summed E-state index contributed by atoms with van der Waals surface area (Å²) in [6, 6.07) is 8.60. The third kappa shape index (κ3) is 2.73. The molecule has 5 nitrogen and oxygen atoms in total. The fourth-order valence-electron chi connectivity index (χ4n) is 2.54. The van der Waals surface area contributed by atoms with Gasteiger partial charge < -0.3 is 9.84 Å². The molecule has 2 aromatic rings. The molecule has 106 valence electrons. The second kappa shape index (κ2) is 5.73. The number of hydrogen-bond acceptors (Lipinski definition) is 5. The maximum absolute atomic E-state index is 5.40. The maximum atomic E-state index is 5.40. The summed E-state index contributed by atoms with van der Waals surface area (Å²) >= 11 is 0. The lowest BCUT2D eigenvalue weighted by molar-refractivity contribution is 0.146. The summed E-state index contributed by atoms with van der Waals surface area (Å²) in [6.07, 6.45) is 0. The van der Waals surface area contributed by atoms with Crippen LogP contribution in [0.15, 0.2) is 28.8 Å². The summed E-state index contributed by atoms with van der Waals surface area (Å²) in [7, 11) is 0. The molecular formula is C15H20N4O. The molecule has 1 aliphatic heterocycles. The molecule has 0 saturated carbocycles. The van der Waals surface area contributed by atoms with E-state index in [4.69, 9.17) is 4.52 Å². The van der Waals surface area contributed by atoms with Gasteiger partial charge in [0.25, 0.3) is 0 Å². The molecule has 1 atom stereocenters. The van der Waals surface area contributed by atoms with Crippen molar-refractivity contribution in [1.82, 2.24) is 20.4 Å². The van der Waals surface area contributed by atoms with Crippen molar-refractivity contribution in [2.45, 2.75) is 26.4 Å². The van der Waals surface area contributed by atoms with E-state index in [9.17, 15) is 0 Å². The average Bonchev–Trinajstić information content (AvgIpc) is 2.90. The normalized spacial score (nSPS) is 20.2. The molecule has 0 bridgehead atoms. The van der Waals surface area contributed by atoms with Gasteiger partial charge in [-0.2, -0.15) is 4.98 Å². The van der Waals surface area contributed by atoms with Crippen LogP contribution in [0.3, 0.4) is 0 Å². The van der Waals surface area contributed by atoms with Crippen molar-refractivity contribution in [2.75, 3.05) is 19.6 Å². The first kappa shape index (κ1) is 13.3. The highest BCUT2D eigenvalue weighted by molar-refractivity contribution is 5.58. The minimum atomic E-state index is 0.498. The van der Waals surface area contributed by atoms with Gasteiger partial charge in [-0.25, -0.2) is 0 Å². The third-order valence-corrected chi connectivity index (χ3v) is 3.83. The Morgan fingerprint density at radius 1 is 1.40 bits per heavy atom. The van der Waals surface area contributed by atoms with Gasteiger partial charge in [0.2, 0.25) is 11.7 Å². The first-order valence-electron chi connectivity index (χ1n) is 7.07. The predicted molar refractivity (Wildman–Crippen MR) is 77.2 cm³/mol. The minimum absolute atomic E-state index is 0.498. The van der Waals surface area contributed by atoms with Crippen LogP contribution in [-0.2, 0) is 6.54 Å². The van der Waals surface area contributed by atoms with Crippen LogP contribution < -0.4 is 5.32 Å². The van der Waals surface area contributed by atoms with Gasteiger partial charge in [0, 0.05) is 31.2 Å². The van der Waals surface area contributed by atoms with Crippen LogP contribution in [0.4, 0.5) is 0 Å². The van der Waals surface area contributed by atoms with Crippen LogP contribution in [0.5, 0.6) is 0 Å². The van der Waals surface area contributed by atoms with Gasteiger partial charge in [0.05, 0.1) is 6.54 Å². The molecule has 0 amide bonds. The number of aryl methyl sites for hydroxylation is 1. The summed E-state index contributed by atoms with van der Waals surface area (Å²) in [5.74, 6) is 1.37. The largest absolute Gasteiger partial charge is 0.338 e. The Bertz CT molecular complexity index is 581. The number of nitrogens with zero attached hydrogens (tertiary/aromatic N) is 3. The molecule has 2 heterocycles. The molecule has 0 spiro atoms. The van der Waals surface area contributed by atoms with Crippen molar-refractivity contribution in [2.24, 2.45) is 0 Å². The number of hydrogen-bond donors (Lipinski definition) is 1. The molecule has 0 radical (unpaired) electrons. The lowest BCUT2D eigenvalue weighted by atomic mass is 10.1. The number of piperazine rings is 1. The molecule has 5 heteroatoms. The molecule has 1 saturated heterocycles. The Labute approximate surface area is 119 Å². The third-order valence-electron chi connectivity index (χ3n) is 3.83. The van der Waals surface area contributed by atoms with Crippen molar-refractivity contribution in [3.8, 4) is 11.4 Å². The zero-order chi connectivity index (χ0) is 13.9. The van der Waals surface area contributed by atoms with Crippen LogP contribution >= 0.6 is 0 Å². The Hall–Kier alpha value is -1.72. The summed E-state index contributed by atoms with van der Waals surface area (Å²) in [5, 5.41) is 7.49. The van der Waals surface area contributed by atoms with Crippen molar-refractivity contribution < 1.29 is 4.52 Å². The zero-order valence-electron chi connectivity index (χ0n) is 12.0. The highest BCUT2D eigenvalue weighted by Crippen LogP contribution is 2.20. The number of rotatable bonds is 3. The Balaban J connectivity index is 1.75. The topological polar surface area (TPSA) is 54.2 Å². The second-order valence-corrected chi connectivity index (χ2v) is 5.35. The SMILES string of the molecule is Cc1ccccc1-c1noc(CN2CCNCC2C)n1. The quantitative estimate of drug-likeness (QED) is 0.924. The number of benzene rings is 1. The van der Waals surface area contributed by atoms with Crippen molar-refractivity contribution in [3.63, 3.8) is 0 Å². The summed E-state index contributed by atoms with van der Waals surface area (Å²) in [6.45, 7) is 8.04. The molecule has 20 heavy (non-hydrogen) atoms. The highest BCUT2D eigenvalue weighted by atomic mass is 16.5. The molecule has 1 aromatic carbocycles. The minimum Gasteiger partial charge on any atom is -0.338 e. The van der Waals surface area contributed by atoms with Crippen LogP contribution in [0, 0.1) is 6.92 Å². The second-order valence-electron chi connectivity index (χ2n) is 5.35. The molecule has 0 aliphatic carbocycles. The number of nitrogens with one attached hydrogen (secondary N) is 1. The average molecular weight is 272 g/mol. The molecule has 1 N–H and O–H groups in total. The van der Waals surface area contributed by atoms with Gasteiger partial charge in [0.1, 0.15) is 0 Å². The van der Waals surface area contributed by atoms with E-state index in [1.54, 1.807) is 0 Å². The summed E-state index contributed by atoms with van der Waals surface area (Å²) in [5.41, 5.74) is 2.20. The van der Waals surface area contributed by atoms with Gasteiger partial charge in [0.15, 0.2) is 0 Å². The van der Waals surface area contributed by atoms with Gasteiger partial charge in [-0.05, 0) is 19.4 Å². The van der Waals surface area contributed by atoms with E-state index >= 15 is 0 Å². The van der Waals surface area contributed by atoms with Crippen molar-refractivity contribution in [1.29, 1.82) is 0 Å². The highest BCUT2D eigenvalue weighted by Gasteiger charge is 2.20. The Morgan fingerprint density at radius 3 is 3.05 bits per heavy atom. The van der Waals surface area contributed by atoms with E-state index in [2.05, 4.69) is 40.3 Å². The standard InChI is InChI=1S/C15H20N4O/c1-11-5-3-4-6-13(11)15-17-14(20-18-15)10-19-8-7-16-9-12(19)2/h3-6,12,16H,7-10H2,1-2H3. The van der Waals surface area contributed by atoms with E-state index in [-0.39, 0.29) is 0 Å². The predicted octanol–water partition coefficient (Wildman–Crippen LogP) is 1.84. The smallest absolute Gasteiger partial charge is 0.241 e. The van der Waals surface area contributed by atoms with Crippen molar-refractivity contribution in [3.05, 3.63) is 35.7 Å². The zero-order valence-corrected chi connectivity index (χ0v) is 12.0. The fourth-order valence-corrected chi connectivity index (χ4v) is 2.54. The first-order chi connectivity index (χ1) is 9.74. The lowest BCUT2D eigenvalue weighted by Crippen LogP contribution is -2.49. The van der Waals surface area contributed by atoms with Gasteiger partial charge in [-0.3, -0.25) is 4.90 Å². The molecular weight excluding hydrogens is 252 g/mol. The Morgan fingerprint density at radius 2 is 2.25 bits per heavy atom. The fraction of sp³-hybridized carbons (Fsp3) is 0.467. The van der Waals surface area contributed by atoms with E-state index in [1.165, 1.54) is 0 Å². The number of aromatic nitrogens is 2. The van der Waals surface area contributed by atoms with Crippen molar-refractivity contribution >= 4 is 0 Å². The first-order valence-corrected chi connectivity index (χ1v) is 7.07. The van der Waals surface area contributed by atoms with Crippen LogP contribution in [0.1, 0.15) is 18.4 Å². The Kier molecular flexibility index (Phi) is 3.80. The summed E-state index contributed by atoms with van der Waals surface area (Å²) in [4.78, 5) is 6.90. The maximum Gasteiger partial charge on any atom is 0.241 e. The molecule has 1 unspecified atom stereocenters. The van der Waals surface area contributed by atoms with Gasteiger partial charge >= 0.3 is 0 Å². The molecule has 1 aliphatic rings. The van der Waals surface area contributed by atoms with Crippen LogP contribution in [0.25, 0.3) is 11.4 Å². The van der Waals surface area contributed by atoms with Gasteiger partial charge in [-0.1, -0.05) is 29.4 Å². The monoisotopic (exact) mass is 272 g/mol. The van der Waals surface area contributed by atoms with E-state index in [1.807, 2.05) is 18.2 Å². The van der Waals surface area contributed by atoms with E-state index in [0.717, 1.165) is 37.3 Å². The van der Waals surface area contributed by atoms with E-state index in [0.29, 0.717) is 17.8 Å². The molecule has 3 rings (SSSR count). The van der Waals surface area contributed by atoms with Crippen LogP contribution in [0.2, 0.25) is 0 Å². The lowest BCUT2D eigenvalue weighted by Gasteiger charge is -2.32.